The molecule has 4 aromatic carbocycles. The number of rotatable bonds is 4. The third-order valence-electron chi connectivity index (χ3n) is 7.77. The van der Waals surface area contributed by atoms with Crippen molar-refractivity contribution < 1.29 is 0 Å². The van der Waals surface area contributed by atoms with E-state index in [0.717, 1.165) is 35.5 Å². The van der Waals surface area contributed by atoms with Crippen LogP contribution in [-0.2, 0) is 5.41 Å². The second kappa shape index (κ2) is 10.2. The van der Waals surface area contributed by atoms with Gasteiger partial charge in [0.25, 0.3) is 5.56 Å². The Morgan fingerprint density at radius 2 is 1.54 bits per heavy atom. The van der Waals surface area contributed by atoms with Crippen LogP contribution in [0.25, 0.3) is 39.5 Å². The molecule has 0 bridgehead atoms. The van der Waals surface area contributed by atoms with E-state index >= 15 is 0 Å². The van der Waals surface area contributed by atoms with Crippen molar-refractivity contribution in [3.63, 3.8) is 0 Å². The second-order valence-corrected chi connectivity index (χ2v) is 11.6. The highest BCUT2D eigenvalue weighted by Crippen LogP contribution is 2.27. The van der Waals surface area contributed by atoms with Gasteiger partial charge in [0, 0.05) is 18.8 Å². The third-order valence-corrected chi connectivity index (χ3v) is 7.77. The van der Waals surface area contributed by atoms with Crippen LogP contribution in [-0.4, -0.2) is 22.6 Å². The largest absolute Gasteiger partial charge is 0.372 e. The van der Waals surface area contributed by atoms with Gasteiger partial charge in [-0.2, -0.15) is 0 Å². The van der Waals surface area contributed by atoms with Gasteiger partial charge in [-0.25, -0.2) is 4.98 Å². The van der Waals surface area contributed by atoms with E-state index < -0.39 is 0 Å². The Morgan fingerprint density at radius 3 is 2.33 bits per heavy atom. The summed E-state index contributed by atoms with van der Waals surface area (Å²) in [6, 6.07) is 29.2. The third kappa shape index (κ3) is 5.12. The smallest absolute Gasteiger partial charge is 0.266 e. The van der Waals surface area contributed by atoms with Crippen LogP contribution < -0.4 is 10.5 Å². The minimum absolute atomic E-state index is 0.0353. The summed E-state index contributed by atoms with van der Waals surface area (Å²) in [6.45, 7) is 8.65. The Bertz CT molecular complexity index is 1750. The molecule has 0 N–H and O–H groups in total. The Hall–Kier alpha value is -4.18. The van der Waals surface area contributed by atoms with Crippen LogP contribution in [0.1, 0.15) is 57.0 Å². The van der Waals surface area contributed by atoms with Crippen LogP contribution in [0.2, 0.25) is 0 Å². The van der Waals surface area contributed by atoms with Crippen molar-refractivity contribution in [2.75, 3.05) is 18.0 Å². The zero-order valence-corrected chi connectivity index (χ0v) is 23.0. The van der Waals surface area contributed by atoms with Crippen LogP contribution in [0.4, 0.5) is 5.69 Å². The van der Waals surface area contributed by atoms with Gasteiger partial charge in [0.2, 0.25) is 0 Å². The number of benzene rings is 4. The molecular formula is C35H35N3O. The molecule has 196 valence electrons. The standard InChI is InChI=1S/C35H35N3O/c1-35(2,3)28-12-9-13-30(23-28)38-33(19-15-25-14-16-26-10-5-6-11-27(26)22-25)36-32-18-17-29(24-31(32)34(38)39)37-20-7-4-8-21-37/h5-6,9-19,22-24H,4,7-8,20-21H2,1-3H3/b19-15+. The van der Waals surface area contributed by atoms with E-state index in [9.17, 15) is 4.79 Å². The maximum absolute atomic E-state index is 14.2. The fourth-order valence-electron chi connectivity index (χ4n) is 5.49. The van der Waals surface area contributed by atoms with E-state index in [4.69, 9.17) is 4.98 Å². The molecule has 1 saturated heterocycles. The zero-order chi connectivity index (χ0) is 27.0. The molecule has 1 aliphatic heterocycles. The quantitative estimate of drug-likeness (QED) is 0.244. The monoisotopic (exact) mass is 513 g/mol. The maximum Gasteiger partial charge on any atom is 0.266 e. The summed E-state index contributed by atoms with van der Waals surface area (Å²) < 4.78 is 1.77. The molecule has 0 radical (unpaired) electrons. The molecule has 2 heterocycles. The van der Waals surface area contributed by atoms with Crippen molar-refractivity contribution in [1.82, 2.24) is 9.55 Å². The normalized spacial score (nSPS) is 14.5. The molecule has 4 nitrogen and oxygen atoms in total. The van der Waals surface area contributed by atoms with Gasteiger partial charge in [-0.05, 0) is 89.1 Å². The molecule has 4 heteroatoms. The van der Waals surface area contributed by atoms with Gasteiger partial charge in [0.05, 0.1) is 16.6 Å². The van der Waals surface area contributed by atoms with Crippen molar-refractivity contribution in [2.45, 2.75) is 45.4 Å². The first kappa shape index (κ1) is 25.1. The lowest BCUT2D eigenvalue weighted by Gasteiger charge is -2.29. The average molecular weight is 514 g/mol. The highest BCUT2D eigenvalue weighted by atomic mass is 16.1. The highest BCUT2D eigenvalue weighted by molar-refractivity contribution is 5.87. The fraction of sp³-hybridized carbons (Fsp3) is 0.257. The van der Waals surface area contributed by atoms with Gasteiger partial charge in [0.1, 0.15) is 5.82 Å². The van der Waals surface area contributed by atoms with Crippen LogP contribution in [0, 0.1) is 0 Å². The van der Waals surface area contributed by atoms with Gasteiger partial charge < -0.3 is 4.90 Å². The molecule has 1 aromatic heterocycles. The summed E-state index contributed by atoms with van der Waals surface area (Å²) in [5, 5.41) is 3.05. The molecule has 0 spiro atoms. The molecule has 39 heavy (non-hydrogen) atoms. The van der Waals surface area contributed by atoms with Crippen molar-refractivity contribution in [3.8, 4) is 5.69 Å². The van der Waals surface area contributed by atoms with E-state index in [-0.39, 0.29) is 11.0 Å². The molecule has 0 saturated carbocycles. The molecule has 5 aromatic rings. The maximum atomic E-state index is 14.2. The predicted molar refractivity (Wildman–Crippen MR) is 165 cm³/mol. The summed E-state index contributed by atoms with van der Waals surface area (Å²) >= 11 is 0. The fourth-order valence-corrected chi connectivity index (χ4v) is 5.49. The van der Waals surface area contributed by atoms with Crippen LogP contribution in [0.5, 0.6) is 0 Å². The first-order valence-electron chi connectivity index (χ1n) is 14.0. The van der Waals surface area contributed by atoms with E-state index in [0.29, 0.717) is 11.2 Å². The number of aromatic nitrogens is 2. The van der Waals surface area contributed by atoms with Gasteiger partial charge in [0.15, 0.2) is 0 Å². The second-order valence-electron chi connectivity index (χ2n) is 11.6. The molecule has 0 atom stereocenters. The van der Waals surface area contributed by atoms with Crippen molar-refractivity contribution >= 4 is 39.5 Å². The van der Waals surface area contributed by atoms with Gasteiger partial charge >= 0.3 is 0 Å². The Balaban J connectivity index is 1.51. The van der Waals surface area contributed by atoms with E-state index in [1.807, 2.05) is 36.4 Å². The van der Waals surface area contributed by atoms with E-state index in [2.05, 4.69) is 86.3 Å². The Morgan fingerprint density at radius 1 is 0.744 bits per heavy atom. The minimum Gasteiger partial charge on any atom is -0.372 e. The lowest BCUT2D eigenvalue weighted by molar-refractivity contribution is 0.578. The van der Waals surface area contributed by atoms with Gasteiger partial charge in [-0.15, -0.1) is 0 Å². The van der Waals surface area contributed by atoms with E-state index in [1.165, 1.54) is 35.6 Å². The summed E-state index contributed by atoms with van der Waals surface area (Å²) in [5.41, 5.74) is 4.84. The number of hydrogen-bond donors (Lipinski definition) is 0. The summed E-state index contributed by atoms with van der Waals surface area (Å²) in [5.74, 6) is 0.623. The Kier molecular flexibility index (Phi) is 6.56. The van der Waals surface area contributed by atoms with E-state index in [1.54, 1.807) is 4.57 Å². The number of hydrogen-bond acceptors (Lipinski definition) is 3. The van der Waals surface area contributed by atoms with Gasteiger partial charge in [-0.3, -0.25) is 9.36 Å². The summed E-state index contributed by atoms with van der Waals surface area (Å²) in [7, 11) is 0. The van der Waals surface area contributed by atoms with Crippen LogP contribution >= 0.6 is 0 Å². The molecule has 1 aliphatic rings. The summed E-state index contributed by atoms with van der Waals surface area (Å²) in [4.78, 5) is 21.6. The predicted octanol–water partition coefficient (Wildman–Crippen LogP) is 8.00. The van der Waals surface area contributed by atoms with Crippen LogP contribution in [0.15, 0.2) is 89.7 Å². The topological polar surface area (TPSA) is 38.1 Å². The van der Waals surface area contributed by atoms with Crippen molar-refractivity contribution in [2.24, 2.45) is 0 Å². The van der Waals surface area contributed by atoms with Crippen molar-refractivity contribution in [3.05, 3.63) is 112 Å². The number of fused-ring (bicyclic) bond motifs is 2. The first-order chi connectivity index (χ1) is 18.9. The SMILES string of the molecule is CC(C)(C)c1cccc(-n2c(/C=C/c3ccc4ccccc4c3)nc3ccc(N4CCCCC4)cc3c2=O)c1. The molecule has 0 aliphatic carbocycles. The van der Waals surface area contributed by atoms with Gasteiger partial charge in [-0.1, -0.05) is 75.4 Å². The lowest BCUT2D eigenvalue weighted by Crippen LogP contribution is -2.29. The molecular weight excluding hydrogens is 478 g/mol. The molecule has 6 rings (SSSR count). The number of piperidine rings is 1. The molecule has 0 amide bonds. The summed E-state index contributed by atoms with van der Waals surface area (Å²) in [6.07, 6.45) is 7.67. The average Bonchev–Trinajstić information content (AvgIpc) is 2.96. The molecule has 0 unspecified atom stereocenters. The molecule has 1 fully saturated rings. The van der Waals surface area contributed by atoms with Crippen LogP contribution in [0.3, 0.4) is 0 Å². The number of anilines is 1. The first-order valence-corrected chi connectivity index (χ1v) is 14.0. The Labute approximate surface area is 230 Å². The zero-order valence-electron chi connectivity index (χ0n) is 23.0. The number of nitrogens with zero attached hydrogens (tertiary/aromatic N) is 3. The minimum atomic E-state index is -0.0388. The highest BCUT2D eigenvalue weighted by Gasteiger charge is 2.18. The van der Waals surface area contributed by atoms with Crippen molar-refractivity contribution in [1.29, 1.82) is 0 Å². The lowest BCUT2D eigenvalue weighted by atomic mass is 9.87.